The van der Waals surface area contributed by atoms with Gasteiger partial charge in [0.2, 0.25) is 5.91 Å². The molecule has 0 radical (unpaired) electrons. The molecule has 2 fully saturated rings. The van der Waals surface area contributed by atoms with Crippen molar-refractivity contribution in [2.45, 2.75) is 24.7 Å². The normalized spacial score (nSPS) is 23.2. The van der Waals surface area contributed by atoms with Gasteiger partial charge in [-0.3, -0.25) is 20.0 Å². The van der Waals surface area contributed by atoms with Crippen LogP contribution in [0.15, 0.2) is 30.6 Å². The van der Waals surface area contributed by atoms with Crippen LogP contribution < -0.4 is 15.5 Å². The minimum Gasteiger partial charge on any atom is -0.311 e. The van der Waals surface area contributed by atoms with Crippen LogP contribution in [0.3, 0.4) is 0 Å². The molecule has 2 aromatic rings. The van der Waals surface area contributed by atoms with Gasteiger partial charge in [0.25, 0.3) is 5.92 Å². The number of carbonyl (C=O) groups is 2. The lowest BCUT2D eigenvalue weighted by Crippen LogP contribution is -2.49. The lowest BCUT2D eigenvalue weighted by atomic mass is 9.84. The quantitative estimate of drug-likeness (QED) is 0.862. The van der Waals surface area contributed by atoms with E-state index in [9.17, 15) is 18.4 Å². The Kier molecular flexibility index (Phi) is 4.07. The Hall–Kier alpha value is -2.61. The zero-order valence-corrected chi connectivity index (χ0v) is 14.0. The summed E-state index contributed by atoms with van der Waals surface area (Å²) in [6.45, 7) is 0.414. The number of rotatable bonds is 2. The van der Waals surface area contributed by atoms with Gasteiger partial charge in [0.1, 0.15) is 0 Å². The third-order valence-electron chi connectivity index (χ3n) is 5.02. The molecule has 6 nitrogen and oxygen atoms in total. The Morgan fingerprint density at radius 3 is 2.81 bits per heavy atom. The van der Waals surface area contributed by atoms with E-state index < -0.39 is 17.9 Å². The number of hydrogen-bond donors (Lipinski definition) is 2. The number of benzene rings is 1. The van der Waals surface area contributed by atoms with Crippen molar-refractivity contribution in [3.63, 3.8) is 0 Å². The van der Waals surface area contributed by atoms with E-state index >= 15 is 0 Å². The number of urea groups is 1. The highest BCUT2D eigenvalue weighted by Gasteiger charge is 2.43. The van der Waals surface area contributed by atoms with E-state index in [-0.39, 0.29) is 25.4 Å². The summed E-state index contributed by atoms with van der Waals surface area (Å²) in [5, 5.41) is 6.30. The van der Waals surface area contributed by atoms with Crippen LogP contribution in [0.1, 0.15) is 24.3 Å². The maximum Gasteiger partial charge on any atom is 0.328 e. The monoisotopic (exact) mass is 360 g/mol. The number of nitrogens with one attached hydrogen (secondary N) is 2. The third kappa shape index (κ3) is 2.80. The first-order valence-corrected chi connectivity index (χ1v) is 8.54. The van der Waals surface area contributed by atoms with Crippen LogP contribution in [0.5, 0.6) is 0 Å². The number of pyridine rings is 1. The van der Waals surface area contributed by atoms with E-state index in [1.807, 2.05) is 0 Å². The SMILES string of the molecule is O=C1CCN(c2cncc3c(C4CCNCC4(F)F)cccc23)C(=O)N1. The van der Waals surface area contributed by atoms with Gasteiger partial charge < -0.3 is 5.32 Å². The van der Waals surface area contributed by atoms with Crippen molar-refractivity contribution in [3.05, 3.63) is 36.2 Å². The number of piperidine rings is 1. The average Bonchev–Trinajstić information content (AvgIpc) is 2.61. The van der Waals surface area contributed by atoms with E-state index in [0.29, 0.717) is 35.0 Å². The van der Waals surface area contributed by atoms with Crippen molar-refractivity contribution in [2.24, 2.45) is 0 Å². The highest BCUT2D eigenvalue weighted by atomic mass is 19.3. The van der Waals surface area contributed by atoms with Gasteiger partial charge in [-0.15, -0.1) is 0 Å². The van der Waals surface area contributed by atoms with Crippen molar-refractivity contribution in [1.82, 2.24) is 15.6 Å². The van der Waals surface area contributed by atoms with Crippen LogP contribution in [-0.2, 0) is 4.79 Å². The van der Waals surface area contributed by atoms with Gasteiger partial charge in [0, 0.05) is 29.9 Å². The van der Waals surface area contributed by atoms with Crippen LogP contribution in [0.25, 0.3) is 10.8 Å². The molecule has 0 saturated carbocycles. The topological polar surface area (TPSA) is 74.3 Å². The summed E-state index contributed by atoms with van der Waals surface area (Å²) >= 11 is 0. The summed E-state index contributed by atoms with van der Waals surface area (Å²) in [4.78, 5) is 29.2. The Labute approximate surface area is 148 Å². The summed E-state index contributed by atoms with van der Waals surface area (Å²) in [5.41, 5.74) is 1.06. The molecule has 0 aliphatic carbocycles. The highest BCUT2D eigenvalue weighted by molar-refractivity contribution is 6.10. The zero-order chi connectivity index (χ0) is 18.3. The molecule has 1 atom stereocenters. The minimum atomic E-state index is -2.85. The molecule has 1 aromatic carbocycles. The summed E-state index contributed by atoms with van der Waals surface area (Å²) < 4.78 is 28.9. The molecular weight excluding hydrogens is 342 g/mol. The molecule has 2 saturated heterocycles. The number of nitrogens with zero attached hydrogens (tertiary/aromatic N) is 2. The summed E-state index contributed by atoms with van der Waals surface area (Å²) in [6, 6.07) is 4.70. The smallest absolute Gasteiger partial charge is 0.311 e. The van der Waals surface area contributed by atoms with Crippen LogP contribution in [0.2, 0.25) is 0 Å². The van der Waals surface area contributed by atoms with E-state index in [1.165, 1.54) is 11.1 Å². The molecule has 3 amide bonds. The molecule has 4 rings (SSSR count). The number of halogens is 2. The molecule has 136 valence electrons. The number of alkyl halides is 2. The Morgan fingerprint density at radius 1 is 1.19 bits per heavy atom. The number of aromatic nitrogens is 1. The standard InChI is InChI=1S/C18H18F2N4O2/c19-18(20)10-21-6-4-14(18)11-2-1-3-12-13(11)8-22-9-15(12)24-7-5-16(25)23-17(24)26/h1-3,8-9,14,21H,4-7,10H2,(H,23,25,26). The van der Waals surface area contributed by atoms with Crippen LogP contribution >= 0.6 is 0 Å². The highest BCUT2D eigenvalue weighted by Crippen LogP contribution is 2.41. The predicted octanol–water partition coefficient (Wildman–Crippen LogP) is 2.39. The van der Waals surface area contributed by atoms with Gasteiger partial charge in [-0.05, 0) is 18.5 Å². The maximum atomic E-state index is 14.4. The molecule has 2 aliphatic heterocycles. The number of fused-ring (bicyclic) bond motifs is 1. The molecule has 1 unspecified atom stereocenters. The van der Waals surface area contributed by atoms with E-state index in [1.54, 1.807) is 24.4 Å². The lowest BCUT2D eigenvalue weighted by Gasteiger charge is -2.33. The fourth-order valence-electron chi connectivity index (χ4n) is 3.73. The minimum absolute atomic E-state index is 0.189. The number of carbonyl (C=O) groups excluding carboxylic acids is 2. The first-order valence-electron chi connectivity index (χ1n) is 8.54. The maximum absolute atomic E-state index is 14.4. The second-order valence-electron chi connectivity index (χ2n) is 6.64. The molecule has 2 aliphatic rings. The van der Waals surface area contributed by atoms with Crippen molar-refractivity contribution in [1.29, 1.82) is 0 Å². The number of anilines is 1. The fraction of sp³-hybridized carbons (Fsp3) is 0.389. The molecule has 0 bridgehead atoms. The van der Waals surface area contributed by atoms with Gasteiger partial charge in [-0.25, -0.2) is 13.6 Å². The molecule has 26 heavy (non-hydrogen) atoms. The van der Waals surface area contributed by atoms with Crippen molar-refractivity contribution in [2.75, 3.05) is 24.5 Å². The fourth-order valence-corrected chi connectivity index (χ4v) is 3.73. The predicted molar refractivity (Wildman–Crippen MR) is 92.4 cm³/mol. The second-order valence-corrected chi connectivity index (χ2v) is 6.64. The Balaban J connectivity index is 1.81. The van der Waals surface area contributed by atoms with E-state index in [4.69, 9.17) is 0 Å². The lowest BCUT2D eigenvalue weighted by molar-refractivity contribution is -0.120. The van der Waals surface area contributed by atoms with Crippen molar-refractivity contribution in [3.8, 4) is 0 Å². The molecule has 0 spiro atoms. The van der Waals surface area contributed by atoms with E-state index in [2.05, 4.69) is 15.6 Å². The number of hydrogen-bond acceptors (Lipinski definition) is 4. The summed E-state index contributed by atoms with van der Waals surface area (Å²) in [7, 11) is 0. The Morgan fingerprint density at radius 2 is 2.04 bits per heavy atom. The number of amides is 3. The van der Waals surface area contributed by atoms with Crippen molar-refractivity contribution < 1.29 is 18.4 Å². The van der Waals surface area contributed by atoms with Crippen LogP contribution in [0.4, 0.5) is 19.3 Å². The van der Waals surface area contributed by atoms with Crippen LogP contribution in [-0.4, -0.2) is 42.5 Å². The van der Waals surface area contributed by atoms with Gasteiger partial charge in [0.05, 0.1) is 24.3 Å². The Bertz CT molecular complexity index is 887. The summed E-state index contributed by atoms with van der Waals surface area (Å²) in [5.74, 6) is -4.08. The van der Waals surface area contributed by atoms with E-state index in [0.717, 1.165) is 0 Å². The van der Waals surface area contributed by atoms with Gasteiger partial charge >= 0.3 is 6.03 Å². The number of imide groups is 1. The van der Waals surface area contributed by atoms with Crippen LogP contribution in [0, 0.1) is 0 Å². The van der Waals surface area contributed by atoms with Crippen molar-refractivity contribution >= 4 is 28.4 Å². The molecular formula is C18H18F2N4O2. The molecule has 2 N–H and O–H groups in total. The molecule has 3 heterocycles. The largest absolute Gasteiger partial charge is 0.328 e. The average molecular weight is 360 g/mol. The van der Waals surface area contributed by atoms with Gasteiger partial charge in [-0.1, -0.05) is 18.2 Å². The second kappa shape index (κ2) is 6.28. The third-order valence-corrected chi connectivity index (χ3v) is 5.02. The molecule has 1 aromatic heterocycles. The van der Waals surface area contributed by atoms with Gasteiger partial charge in [0.15, 0.2) is 0 Å². The molecule has 8 heteroatoms. The summed E-state index contributed by atoms with van der Waals surface area (Å²) in [6.07, 6.45) is 3.62. The van der Waals surface area contributed by atoms with Gasteiger partial charge in [-0.2, -0.15) is 0 Å². The zero-order valence-electron chi connectivity index (χ0n) is 14.0. The first kappa shape index (κ1) is 16.8. The first-order chi connectivity index (χ1) is 12.5.